The van der Waals surface area contributed by atoms with Crippen LogP contribution in [0.2, 0.25) is 0 Å². The van der Waals surface area contributed by atoms with Crippen LogP contribution in [0.25, 0.3) is 10.6 Å². The van der Waals surface area contributed by atoms with Crippen LogP contribution in [0, 0.1) is 6.92 Å². The smallest absolute Gasteiger partial charge is 0.224 e. The lowest BCUT2D eigenvalue weighted by Crippen LogP contribution is -2.12. The van der Waals surface area contributed by atoms with E-state index in [0.29, 0.717) is 12.8 Å². The van der Waals surface area contributed by atoms with E-state index >= 15 is 0 Å². The van der Waals surface area contributed by atoms with Gasteiger partial charge in [-0.25, -0.2) is 4.98 Å². The number of aryl methyl sites for hydroxylation is 2. The second-order valence-electron chi connectivity index (χ2n) is 5.37. The fraction of sp³-hybridized carbons (Fsp3) is 0.158. The summed E-state index contributed by atoms with van der Waals surface area (Å²) in [7, 11) is 0. The highest BCUT2D eigenvalue weighted by molar-refractivity contribution is 7.13. The number of hydrogen-bond acceptors (Lipinski definition) is 3. The van der Waals surface area contributed by atoms with Crippen LogP contribution in [0.3, 0.4) is 0 Å². The number of thiazole rings is 1. The van der Waals surface area contributed by atoms with Crippen LogP contribution in [-0.4, -0.2) is 10.9 Å². The highest BCUT2D eigenvalue weighted by Gasteiger charge is 2.09. The summed E-state index contributed by atoms with van der Waals surface area (Å²) in [6.45, 7) is 2.09. The number of carbonyl (C=O) groups is 1. The highest BCUT2D eigenvalue weighted by atomic mass is 32.1. The molecule has 0 saturated carbocycles. The standard InChI is InChI=1S/C19H18N2OS/c1-14-7-5-6-10-17(14)19-21-16(13-23-19)11-12-18(22)20-15-8-3-2-4-9-15/h2-10,13H,11-12H2,1H3,(H,20,22). The molecule has 0 aliphatic heterocycles. The van der Waals surface area contributed by atoms with Crippen molar-refractivity contribution in [2.75, 3.05) is 5.32 Å². The third-order valence-corrected chi connectivity index (χ3v) is 4.52. The molecule has 116 valence electrons. The number of para-hydroxylation sites is 1. The molecule has 4 heteroatoms. The molecule has 2 aromatic carbocycles. The normalized spacial score (nSPS) is 10.5. The summed E-state index contributed by atoms with van der Waals surface area (Å²) in [4.78, 5) is 16.6. The Bertz CT molecular complexity index is 796. The Morgan fingerprint density at radius 2 is 1.83 bits per heavy atom. The van der Waals surface area contributed by atoms with E-state index in [1.807, 2.05) is 47.8 Å². The summed E-state index contributed by atoms with van der Waals surface area (Å²) in [5, 5.41) is 5.95. The minimum Gasteiger partial charge on any atom is -0.326 e. The Morgan fingerprint density at radius 1 is 1.09 bits per heavy atom. The zero-order valence-electron chi connectivity index (χ0n) is 13.0. The second-order valence-corrected chi connectivity index (χ2v) is 6.23. The van der Waals surface area contributed by atoms with Crippen LogP contribution in [0.4, 0.5) is 5.69 Å². The topological polar surface area (TPSA) is 42.0 Å². The minimum absolute atomic E-state index is 0.0154. The summed E-state index contributed by atoms with van der Waals surface area (Å²) in [5.41, 5.74) is 4.18. The van der Waals surface area contributed by atoms with Crippen molar-refractivity contribution in [2.24, 2.45) is 0 Å². The molecule has 0 aliphatic carbocycles. The van der Waals surface area contributed by atoms with Crippen molar-refractivity contribution in [1.82, 2.24) is 4.98 Å². The molecule has 3 rings (SSSR count). The van der Waals surface area contributed by atoms with Gasteiger partial charge in [0.1, 0.15) is 5.01 Å². The van der Waals surface area contributed by atoms with E-state index in [9.17, 15) is 4.79 Å². The van der Waals surface area contributed by atoms with Gasteiger partial charge in [-0.15, -0.1) is 11.3 Å². The van der Waals surface area contributed by atoms with Crippen LogP contribution in [0.5, 0.6) is 0 Å². The van der Waals surface area contributed by atoms with E-state index in [1.165, 1.54) is 5.56 Å². The predicted octanol–water partition coefficient (Wildman–Crippen LogP) is 4.69. The number of amides is 1. The molecule has 3 nitrogen and oxygen atoms in total. The average Bonchev–Trinajstić information content (AvgIpc) is 3.03. The summed E-state index contributed by atoms with van der Waals surface area (Å²) in [6.07, 6.45) is 1.09. The van der Waals surface area contributed by atoms with Crippen LogP contribution in [-0.2, 0) is 11.2 Å². The number of benzene rings is 2. The molecule has 1 aromatic heterocycles. The molecule has 0 atom stereocenters. The average molecular weight is 322 g/mol. The minimum atomic E-state index is 0.0154. The van der Waals surface area contributed by atoms with Gasteiger partial charge in [0.25, 0.3) is 0 Å². The molecule has 0 bridgehead atoms. The van der Waals surface area contributed by atoms with Crippen molar-refractivity contribution in [3.05, 3.63) is 71.2 Å². The largest absolute Gasteiger partial charge is 0.326 e. The molecule has 0 fully saturated rings. The summed E-state index contributed by atoms with van der Waals surface area (Å²) in [5.74, 6) is 0.0154. The molecule has 0 saturated heterocycles. The number of aromatic nitrogens is 1. The van der Waals surface area contributed by atoms with Gasteiger partial charge in [0.2, 0.25) is 5.91 Å². The van der Waals surface area contributed by atoms with Crippen molar-refractivity contribution in [1.29, 1.82) is 0 Å². The van der Waals surface area contributed by atoms with Gasteiger partial charge >= 0.3 is 0 Å². The van der Waals surface area contributed by atoms with Gasteiger partial charge < -0.3 is 5.32 Å². The Labute approximate surface area is 140 Å². The maximum absolute atomic E-state index is 12.0. The van der Waals surface area contributed by atoms with Crippen molar-refractivity contribution >= 4 is 22.9 Å². The molecule has 1 heterocycles. The molecular formula is C19H18N2OS. The van der Waals surface area contributed by atoms with E-state index in [0.717, 1.165) is 22.0 Å². The van der Waals surface area contributed by atoms with Gasteiger partial charge in [-0.3, -0.25) is 4.79 Å². The molecule has 1 amide bonds. The van der Waals surface area contributed by atoms with Crippen LogP contribution < -0.4 is 5.32 Å². The molecule has 0 spiro atoms. The van der Waals surface area contributed by atoms with Gasteiger partial charge in [-0.1, -0.05) is 42.5 Å². The lowest BCUT2D eigenvalue weighted by atomic mass is 10.1. The number of carbonyl (C=O) groups excluding carboxylic acids is 1. The number of rotatable bonds is 5. The van der Waals surface area contributed by atoms with Crippen molar-refractivity contribution in [2.45, 2.75) is 19.8 Å². The first kappa shape index (κ1) is 15.4. The van der Waals surface area contributed by atoms with E-state index < -0.39 is 0 Å². The zero-order valence-corrected chi connectivity index (χ0v) is 13.8. The maximum Gasteiger partial charge on any atom is 0.224 e. The van der Waals surface area contributed by atoms with Gasteiger partial charge in [-0.05, 0) is 31.0 Å². The first-order valence-corrected chi connectivity index (χ1v) is 8.45. The van der Waals surface area contributed by atoms with E-state index in [1.54, 1.807) is 11.3 Å². The molecule has 1 N–H and O–H groups in total. The summed E-state index contributed by atoms with van der Waals surface area (Å²) in [6, 6.07) is 17.7. The van der Waals surface area contributed by atoms with Gasteiger partial charge in [0.15, 0.2) is 0 Å². The quantitative estimate of drug-likeness (QED) is 0.740. The summed E-state index contributed by atoms with van der Waals surface area (Å²) < 4.78 is 0. The fourth-order valence-electron chi connectivity index (χ4n) is 2.34. The Hall–Kier alpha value is -2.46. The monoisotopic (exact) mass is 322 g/mol. The lowest BCUT2D eigenvalue weighted by Gasteiger charge is -2.03. The summed E-state index contributed by atoms with van der Waals surface area (Å²) >= 11 is 1.63. The second kappa shape index (κ2) is 7.20. The number of nitrogens with zero attached hydrogens (tertiary/aromatic N) is 1. The number of hydrogen-bond donors (Lipinski definition) is 1. The molecule has 23 heavy (non-hydrogen) atoms. The number of anilines is 1. The number of nitrogens with one attached hydrogen (secondary N) is 1. The van der Waals surface area contributed by atoms with Crippen LogP contribution in [0.15, 0.2) is 60.0 Å². The molecule has 0 aliphatic rings. The van der Waals surface area contributed by atoms with Crippen molar-refractivity contribution in [3.8, 4) is 10.6 Å². The molecule has 0 radical (unpaired) electrons. The Balaban J connectivity index is 1.59. The molecule has 0 unspecified atom stereocenters. The SMILES string of the molecule is Cc1ccccc1-c1nc(CCC(=O)Nc2ccccc2)cs1. The van der Waals surface area contributed by atoms with E-state index in [4.69, 9.17) is 0 Å². The molecular weight excluding hydrogens is 304 g/mol. The predicted molar refractivity (Wildman–Crippen MR) is 95.7 cm³/mol. The van der Waals surface area contributed by atoms with Crippen LogP contribution in [0.1, 0.15) is 17.7 Å². The first-order valence-electron chi connectivity index (χ1n) is 7.57. The van der Waals surface area contributed by atoms with Crippen LogP contribution >= 0.6 is 11.3 Å². The first-order chi connectivity index (χ1) is 11.2. The van der Waals surface area contributed by atoms with Gasteiger partial charge in [0, 0.05) is 23.1 Å². The van der Waals surface area contributed by atoms with E-state index in [-0.39, 0.29) is 5.91 Å². The third-order valence-electron chi connectivity index (χ3n) is 3.59. The molecule has 3 aromatic rings. The van der Waals surface area contributed by atoms with Crippen molar-refractivity contribution < 1.29 is 4.79 Å². The lowest BCUT2D eigenvalue weighted by molar-refractivity contribution is -0.116. The maximum atomic E-state index is 12.0. The zero-order chi connectivity index (χ0) is 16.1. The fourth-order valence-corrected chi connectivity index (χ4v) is 3.29. The van der Waals surface area contributed by atoms with Crippen molar-refractivity contribution in [3.63, 3.8) is 0 Å². The Kier molecular flexibility index (Phi) is 4.83. The van der Waals surface area contributed by atoms with E-state index in [2.05, 4.69) is 29.4 Å². The highest BCUT2D eigenvalue weighted by Crippen LogP contribution is 2.26. The van der Waals surface area contributed by atoms with Gasteiger partial charge in [0.05, 0.1) is 5.69 Å². The Morgan fingerprint density at radius 3 is 2.61 bits per heavy atom. The third kappa shape index (κ3) is 4.05. The van der Waals surface area contributed by atoms with Gasteiger partial charge in [-0.2, -0.15) is 0 Å².